The minimum atomic E-state index is 0.209. The van der Waals surface area contributed by atoms with Gasteiger partial charge in [-0.1, -0.05) is 19.1 Å². The Bertz CT molecular complexity index is 348. The van der Waals surface area contributed by atoms with Crippen molar-refractivity contribution in [2.24, 2.45) is 5.92 Å². The van der Waals surface area contributed by atoms with Crippen molar-refractivity contribution < 1.29 is 9.84 Å². The molecule has 0 saturated carbocycles. The lowest BCUT2D eigenvalue weighted by atomic mass is 10.1. The second-order valence-corrected chi connectivity index (χ2v) is 5.48. The van der Waals surface area contributed by atoms with Gasteiger partial charge in [-0.2, -0.15) is 0 Å². The number of hydrogen-bond acceptors (Lipinski definition) is 3. The van der Waals surface area contributed by atoms with Gasteiger partial charge < -0.3 is 15.2 Å². The number of nitrogens with one attached hydrogen (secondary N) is 1. The number of aliphatic hydroxyl groups is 1. The molecule has 0 aliphatic rings. The third-order valence-corrected chi connectivity index (χ3v) is 3.15. The normalized spacial score (nSPS) is 14.4. The van der Waals surface area contributed by atoms with Crippen LogP contribution in [-0.2, 0) is 0 Å². The van der Waals surface area contributed by atoms with Crippen molar-refractivity contribution >= 4 is 0 Å². The number of ether oxygens (including phenoxy) is 1. The maximum atomic E-state index is 8.88. The van der Waals surface area contributed by atoms with Crippen molar-refractivity contribution in [1.29, 1.82) is 0 Å². The Labute approximate surface area is 117 Å². The summed E-state index contributed by atoms with van der Waals surface area (Å²) in [5.41, 5.74) is 1.26. The molecule has 2 N–H and O–H groups in total. The summed E-state index contributed by atoms with van der Waals surface area (Å²) in [6.07, 6.45) is 1.06. The first-order chi connectivity index (χ1) is 9.02. The van der Waals surface area contributed by atoms with E-state index in [4.69, 9.17) is 9.84 Å². The molecule has 0 aliphatic heterocycles. The van der Waals surface area contributed by atoms with Crippen LogP contribution in [0.4, 0.5) is 0 Å². The van der Waals surface area contributed by atoms with Gasteiger partial charge >= 0.3 is 0 Å². The van der Waals surface area contributed by atoms with Crippen molar-refractivity contribution in [2.75, 3.05) is 13.2 Å². The van der Waals surface area contributed by atoms with Crippen LogP contribution in [-0.4, -0.2) is 24.4 Å². The van der Waals surface area contributed by atoms with Crippen LogP contribution in [0.1, 0.15) is 45.7 Å². The molecule has 108 valence electrons. The van der Waals surface area contributed by atoms with Gasteiger partial charge in [0.1, 0.15) is 5.75 Å². The topological polar surface area (TPSA) is 41.5 Å². The van der Waals surface area contributed by atoms with Crippen LogP contribution in [0.15, 0.2) is 24.3 Å². The summed E-state index contributed by atoms with van der Waals surface area (Å²) < 4.78 is 5.63. The molecule has 2 unspecified atom stereocenters. The first-order valence-electron chi connectivity index (χ1n) is 7.13. The maximum absolute atomic E-state index is 8.88. The van der Waals surface area contributed by atoms with Crippen LogP contribution >= 0.6 is 0 Å². The highest BCUT2D eigenvalue weighted by Crippen LogP contribution is 2.18. The highest BCUT2D eigenvalue weighted by Gasteiger charge is 2.08. The zero-order valence-corrected chi connectivity index (χ0v) is 12.5. The Morgan fingerprint density at radius 3 is 2.26 bits per heavy atom. The summed E-state index contributed by atoms with van der Waals surface area (Å²) in [5.74, 6) is 1.41. The minimum Gasteiger partial charge on any atom is -0.491 e. The molecular weight excluding hydrogens is 238 g/mol. The van der Waals surface area contributed by atoms with E-state index in [0.717, 1.165) is 18.7 Å². The zero-order valence-electron chi connectivity index (χ0n) is 12.5. The number of hydrogen-bond donors (Lipinski definition) is 2. The Hall–Kier alpha value is -1.06. The van der Waals surface area contributed by atoms with Gasteiger partial charge in [-0.15, -0.1) is 0 Å². The fourth-order valence-corrected chi connectivity index (χ4v) is 1.93. The third-order valence-electron chi connectivity index (χ3n) is 3.15. The zero-order chi connectivity index (χ0) is 14.3. The second-order valence-electron chi connectivity index (χ2n) is 5.48. The summed E-state index contributed by atoms with van der Waals surface area (Å²) in [5, 5.41) is 12.4. The molecule has 1 aromatic carbocycles. The van der Waals surface area contributed by atoms with Gasteiger partial charge in [0.25, 0.3) is 0 Å². The molecule has 0 aliphatic carbocycles. The lowest BCUT2D eigenvalue weighted by Crippen LogP contribution is -2.25. The molecule has 0 bridgehead atoms. The quantitative estimate of drug-likeness (QED) is 0.758. The fraction of sp³-hybridized carbons (Fsp3) is 0.625. The smallest absolute Gasteiger partial charge is 0.119 e. The summed E-state index contributed by atoms with van der Waals surface area (Å²) in [6.45, 7) is 9.55. The molecular formula is C16H27NO2. The van der Waals surface area contributed by atoms with Crippen molar-refractivity contribution in [3.63, 3.8) is 0 Å². The van der Waals surface area contributed by atoms with Crippen molar-refractivity contribution in [3.8, 4) is 5.75 Å². The Balaban J connectivity index is 2.46. The van der Waals surface area contributed by atoms with Crippen LogP contribution in [0.25, 0.3) is 0 Å². The highest BCUT2D eigenvalue weighted by molar-refractivity contribution is 5.29. The molecule has 2 atom stereocenters. The minimum absolute atomic E-state index is 0.209. The van der Waals surface area contributed by atoms with Crippen molar-refractivity contribution in [1.82, 2.24) is 5.32 Å². The lowest BCUT2D eigenvalue weighted by molar-refractivity contribution is 0.242. The predicted molar refractivity (Wildman–Crippen MR) is 79.5 cm³/mol. The van der Waals surface area contributed by atoms with Gasteiger partial charge in [0.15, 0.2) is 0 Å². The Kier molecular flexibility index (Phi) is 6.89. The first kappa shape index (κ1) is 16.0. The van der Waals surface area contributed by atoms with Gasteiger partial charge in [0.05, 0.1) is 6.10 Å². The Morgan fingerprint density at radius 1 is 1.11 bits per heavy atom. The molecule has 19 heavy (non-hydrogen) atoms. The van der Waals surface area contributed by atoms with Crippen LogP contribution < -0.4 is 10.1 Å². The number of benzene rings is 1. The molecule has 3 heteroatoms. The monoisotopic (exact) mass is 265 g/mol. The van der Waals surface area contributed by atoms with Crippen molar-refractivity contribution in [3.05, 3.63) is 29.8 Å². The third kappa shape index (κ3) is 6.08. The molecule has 1 rings (SSSR count). The fourth-order valence-electron chi connectivity index (χ4n) is 1.93. The molecule has 0 amide bonds. The van der Waals surface area contributed by atoms with Crippen LogP contribution in [0, 0.1) is 5.92 Å². The van der Waals surface area contributed by atoms with Crippen LogP contribution in [0.2, 0.25) is 0 Å². The molecule has 0 aromatic heterocycles. The molecule has 0 spiro atoms. The standard InChI is InChI=1S/C16H27NO2/c1-12(2)19-16-7-5-15(6-8-16)14(4)17-11-13(3)9-10-18/h5-8,12-14,17-18H,9-11H2,1-4H3. The lowest BCUT2D eigenvalue weighted by Gasteiger charge is -2.18. The van der Waals surface area contributed by atoms with Crippen LogP contribution in [0.3, 0.4) is 0 Å². The summed E-state index contributed by atoms with van der Waals surface area (Å²) in [6, 6.07) is 8.56. The molecule has 1 aromatic rings. The van der Waals surface area contributed by atoms with E-state index in [0.29, 0.717) is 12.0 Å². The molecule has 0 saturated heterocycles. The number of rotatable bonds is 8. The van der Waals surface area contributed by atoms with E-state index in [2.05, 4.69) is 31.3 Å². The summed E-state index contributed by atoms with van der Waals surface area (Å²) >= 11 is 0. The highest BCUT2D eigenvalue weighted by atomic mass is 16.5. The largest absolute Gasteiger partial charge is 0.491 e. The van der Waals surface area contributed by atoms with E-state index in [1.54, 1.807) is 0 Å². The van der Waals surface area contributed by atoms with E-state index < -0.39 is 0 Å². The predicted octanol–water partition coefficient (Wildman–Crippen LogP) is 3.14. The summed E-state index contributed by atoms with van der Waals surface area (Å²) in [4.78, 5) is 0. The SMILES string of the molecule is CC(CCO)CNC(C)c1ccc(OC(C)C)cc1. The van der Waals surface area contributed by atoms with E-state index in [1.807, 2.05) is 26.0 Å². The maximum Gasteiger partial charge on any atom is 0.119 e. The van der Waals surface area contributed by atoms with Gasteiger partial charge in [-0.05, 0) is 57.4 Å². The second kappa shape index (κ2) is 8.18. The van der Waals surface area contributed by atoms with Gasteiger partial charge in [-0.3, -0.25) is 0 Å². The molecule has 3 nitrogen and oxygen atoms in total. The van der Waals surface area contributed by atoms with Gasteiger partial charge in [0.2, 0.25) is 0 Å². The molecule has 0 fully saturated rings. The van der Waals surface area contributed by atoms with E-state index in [9.17, 15) is 0 Å². The van der Waals surface area contributed by atoms with Gasteiger partial charge in [-0.25, -0.2) is 0 Å². The van der Waals surface area contributed by atoms with Crippen molar-refractivity contribution in [2.45, 2.75) is 46.3 Å². The summed E-state index contributed by atoms with van der Waals surface area (Å²) in [7, 11) is 0. The van der Waals surface area contributed by atoms with E-state index in [-0.39, 0.29) is 12.7 Å². The molecule has 0 heterocycles. The average molecular weight is 265 g/mol. The Morgan fingerprint density at radius 2 is 1.74 bits per heavy atom. The average Bonchev–Trinajstić information content (AvgIpc) is 2.36. The number of aliphatic hydroxyl groups excluding tert-OH is 1. The van der Waals surface area contributed by atoms with E-state index >= 15 is 0 Å². The van der Waals surface area contributed by atoms with Crippen LogP contribution in [0.5, 0.6) is 5.75 Å². The first-order valence-corrected chi connectivity index (χ1v) is 7.13. The molecule has 0 radical (unpaired) electrons. The van der Waals surface area contributed by atoms with E-state index in [1.165, 1.54) is 5.56 Å². The van der Waals surface area contributed by atoms with Gasteiger partial charge in [0, 0.05) is 12.6 Å².